The van der Waals surface area contributed by atoms with Crippen LogP contribution in [0.4, 0.5) is 0 Å². The number of carboxylic acids is 1. The fourth-order valence-corrected chi connectivity index (χ4v) is 1.41. The van der Waals surface area contributed by atoms with Crippen molar-refractivity contribution in [2.24, 2.45) is 0 Å². The van der Waals surface area contributed by atoms with Gasteiger partial charge in [0.25, 0.3) is 0 Å². The first-order chi connectivity index (χ1) is 7.65. The maximum Gasteiger partial charge on any atom is 0.340 e. The Balaban J connectivity index is 2.35. The van der Waals surface area contributed by atoms with Gasteiger partial charge in [-0.1, -0.05) is 18.2 Å². The Bertz CT molecular complexity index is 570. The molecule has 16 heavy (non-hydrogen) atoms. The molecular formula is C10H9N3O3. The monoisotopic (exact) mass is 219 g/mol. The van der Waals surface area contributed by atoms with E-state index in [1.165, 1.54) is 0 Å². The number of carboxylic acid groups (broad SMARTS) is 1. The van der Waals surface area contributed by atoms with Crippen molar-refractivity contribution < 1.29 is 9.90 Å². The topological polar surface area (TPSA) is 98.8 Å². The van der Waals surface area contributed by atoms with Crippen molar-refractivity contribution in [3.05, 3.63) is 40.3 Å². The number of H-pyrrole nitrogens is 2. The van der Waals surface area contributed by atoms with E-state index in [1.54, 1.807) is 24.3 Å². The number of carbonyl (C=O) groups is 1. The molecule has 6 nitrogen and oxygen atoms in total. The lowest BCUT2D eigenvalue weighted by Gasteiger charge is -1.99. The molecule has 0 aliphatic carbocycles. The standard InChI is InChI=1S/C10H9N3O3/c14-8(15)5-6-2-1-3-7(4-6)9-11-10(16)13-12-9/h1-4H,5H2,(H,14,15)(H2,11,12,13,16). The summed E-state index contributed by atoms with van der Waals surface area (Å²) in [6.07, 6.45) is -0.0531. The first-order valence-electron chi connectivity index (χ1n) is 4.61. The van der Waals surface area contributed by atoms with E-state index in [-0.39, 0.29) is 6.42 Å². The van der Waals surface area contributed by atoms with E-state index < -0.39 is 11.7 Å². The number of nitrogens with one attached hydrogen (secondary N) is 2. The summed E-state index contributed by atoms with van der Waals surface area (Å²) in [7, 11) is 0. The predicted octanol–water partition coefficient (Wildman–Crippen LogP) is 0.392. The highest BCUT2D eigenvalue weighted by atomic mass is 16.4. The Morgan fingerprint density at radius 2 is 2.25 bits per heavy atom. The number of hydrogen-bond acceptors (Lipinski definition) is 3. The molecule has 2 aromatic rings. The van der Waals surface area contributed by atoms with Crippen LogP contribution in [0, 0.1) is 0 Å². The fourth-order valence-electron chi connectivity index (χ4n) is 1.41. The summed E-state index contributed by atoms with van der Waals surface area (Å²) in [5.41, 5.74) is 0.949. The third-order valence-electron chi connectivity index (χ3n) is 2.06. The number of rotatable bonds is 3. The van der Waals surface area contributed by atoms with Crippen molar-refractivity contribution in [1.29, 1.82) is 0 Å². The summed E-state index contributed by atoms with van der Waals surface area (Å²) in [5, 5.41) is 14.7. The normalized spacial score (nSPS) is 10.2. The Morgan fingerprint density at radius 3 is 2.88 bits per heavy atom. The molecule has 0 amide bonds. The van der Waals surface area contributed by atoms with Crippen LogP contribution in [-0.4, -0.2) is 26.3 Å². The smallest absolute Gasteiger partial charge is 0.340 e. The molecule has 1 aromatic carbocycles. The maximum atomic E-state index is 10.9. The largest absolute Gasteiger partial charge is 0.481 e. The molecule has 0 saturated carbocycles. The van der Waals surface area contributed by atoms with Gasteiger partial charge in [0.05, 0.1) is 6.42 Å². The van der Waals surface area contributed by atoms with Crippen LogP contribution in [0.5, 0.6) is 0 Å². The zero-order valence-electron chi connectivity index (χ0n) is 8.23. The lowest BCUT2D eigenvalue weighted by molar-refractivity contribution is -0.136. The molecule has 0 bridgehead atoms. The molecule has 1 aromatic heterocycles. The fraction of sp³-hybridized carbons (Fsp3) is 0.100. The van der Waals surface area contributed by atoms with E-state index in [0.717, 1.165) is 0 Å². The molecule has 0 aliphatic rings. The van der Waals surface area contributed by atoms with Gasteiger partial charge in [-0.05, 0) is 11.6 Å². The molecule has 2 rings (SSSR count). The minimum Gasteiger partial charge on any atom is -0.481 e. The van der Waals surface area contributed by atoms with Gasteiger partial charge in [0.2, 0.25) is 0 Å². The average Bonchev–Trinajstić information content (AvgIpc) is 2.64. The second-order valence-corrected chi connectivity index (χ2v) is 3.30. The van der Waals surface area contributed by atoms with E-state index in [9.17, 15) is 9.59 Å². The van der Waals surface area contributed by atoms with Crippen LogP contribution < -0.4 is 5.69 Å². The van der Waals surface area contributed by atoms with Gasteiger partial charge in [0, 0.05) is 5.56 Å². The van der Waals surface area contributed by atoms with E-state index in [2.05, 4.69) is 15.2 Å². The zero-order valence-corrected chi connectivity index (χ0v) is 8.23. The van der Waals surface area contributed by atoms with Gasteiger partial charge in [0.15, 0.2) is 5.82 Å². The summed E-state index contributed by atoms with van der Waals surface area (Å²) >= 11 is 0. The summed E-state index contributed by atoms with van der Waals surface area (Å²) in [6, 6.07) is 6.86. The van der Waals surface area contributed by atoms with Crippen molar-refractivity contribution in [3.63, 3.8) is 0 Å². The van der Waals surface area contributed by atoms with Gasteiger partial charge in [-0.25, -0.2) is 9.89 Å². The van der Waals surface area contributed by atoms with Crippen LogP contribution in [0.25, 0.3) is 11.4 Å². The van der Waals surface area contributed by atoms with Crippen LogP contribution in [0.3, 0.4) is 0 Å². The minimum absolute atomic E-state index is 0.0531. The van der Waals surface area contributed by atoms with Gasteiger partial charge < -0.3 is 5.11 Å². The molecule has 0 radical (unpaired) electrons. The lowest BCUT2D eigenvalue weighted by Crippen LogP contribution is -2.01. The van der Waals surface area contributed by atoms with E-state index in [4.69, 9.17) is 5.11 Å². The maximum absolute atomic E-state index is 10.9. The van der Waals surface area contributed by atoms with E-state index in [1.807, 2.05) is 0 Å². The average molecular weight is 219 g/mol. The van der Waals surface area contributed by atoms with Gasteiger partial charge in [0.1, 0.15) is 0 Å². The number of nitrogens with zero attached hydrogens (tertiary/aromatic N) is 1. The van der Waals surface area contributed by atoms with Gasteiger partial charge >= 0.3 is 11.7 Å². The summed E-state index contributed by atoms with van der Waals surface area (Å²) in [6.45, 7) is 0. The van der Waals surface area contributed by atoms with Crippen LogP contribution in [-0.2, 0) is 11.2 Å². The molecule has 1 heterocycles. The van der Waals surface area contributed by atoms with Crippen LogP contribution in [0.2, 0.25) is 0 Å². The molecular weight excluding hydrogens is 210 g/mol. The number of aliphatic carboxylic acids is 1. The second-order valence-electron chi connectivity index (χ2n) is 3.30. The summed E-state index contributed by atoms with van der Waals surface area (Å²) < 4.78 is 0. The highest BCUT2D eigenvalue weighted by molar-refractivity contribution is 5.71. The van der Waals surface area contributed by atoms with Crippen LogP contribution in [0.15, 0.2) is 29.1 Å². The molecule has 0 unspecified atom stereocenters. The Labute approximate surface area is 90.0 Å². The summed E-state index contributed by atoms with van der Waals surface area (Å²) in [4.78, 5) is 23.9. The number of benzene rings is 1. The van der Waals surface area contributed by atoms with Gasteiger partial charge in [-0.15, -0.1) is 0 Å². The second kappa shape index (κ2) is 4.01. The quantitative estimate of drug-likeness (QED) is 0.695. The first-order valence-corrected chi connectivity index (χ1v) is 4.61. The highest BCUT2D eigenvalue weighted by Gasteiger charge is 2.05. The molecule has 6 heteroatoms. The van der Waals surface area contributed by atoms with Crippen molar-refractivity contribution >= 4 is 5.97 Å². The SMILES string of the molecule is O=C(O)Cc1cccc(-c2n[nH]c(=O)[nH]2)c1. The number of hydrogen-bond donors (Lipinski definition) is 3. The third kappa shape index (κ3) is 2.17. The van der Waals surface area contributed by atoms with Crippen molar-refractivity contribution in [2.45, 2.75) is 6.42 Å². The summed E-state index contributed by atoms with van der Waals surface area (Å²) in [5.74, 6) is -0.495. The molecule has 0 fully saturated rings. The zero-order chi connectivity index (χ0) is 11.5. The molecule has 0 spiro atoms. The van der Waals surface area contributed by atoms with E-state index >= 15 is 0 Å². The predicted molar refractivity (Wildman–Crippen MR) is 56.0 cm³/mol. The number of aromatic amines is 2. The Morgan fingerprint density at radius 1 is 1.44 bits per heavy atom. The first kappa shape index (κ1) is 10.2. The van der Waals surface area contributed by atoms with Crippen LogP contribution in [0.1, 0.15) is 5.56 Å². The molecule has 82 valence electrons. The van der Waals surface area contributed by atoms with Crippen molar-refractivity contribution in [1.82, 2.24) is 15.2 Å². The van der Waals surface area contributed by atoms with Crippen LogP contribution >= 0.6 is 0 Å². The van der Waals surface area contributed by atoms with E-state index in [0.29, 0.717) is 17.0 Å². The van der Waals surface area contributed by atoms with Gasteiger partial charge in [-0.3, -0.25) is 9.78 Å². The number of aromatic nitrogens is 3. The Kier molecular flexibility index (Phi) is 2.55. The third-order valence-corrected chi connectivity index (χ3v) is 2.06. The van der Waals surface area contributed by atoms with Crippen molar-refractivity contribution in [3.8, 4) is 11.4 Å². The molecule has 0 saturated heterocycles. The van der Waals surface area contributed by atoms with Gasteiger partial charge in [-0.2, -0.15) is 5.10 Å². The Hall–Kier alpha value is -2.37. The molecule has 3 N–H and O–H groups in total. The lowest BCUT2D eigenvalue weighted by atomic mass is 10.1. The molecule has 0 atom stereocenters. The highest BCUT2D eigenvalue weighted by Crippen LogP contribution is 2.14. The van der Waals surface area contributed by atoms with Crippen molar-refractivity contribution in [2.75, 3.05) is 0 Å². The molecule has 0 aliphatic heterocycles. The minimum atomic E-state index is -0.896.